The SMILES string of the molecule is CC(C)c1cccc(C(C)C)c1-c1nc2cc3c(cc2[nH]1)C(C)(C)C(C)(C)C3(C)C. The Kier molecular flexibility index (Phi) is 4.55. The van der Waals surface area contributed by atoms with Crippen molar-refractivity contribution in [2.45, 2.75) is 91.9 Å². The molecule has 160 valence electrons. The van der Waals surface area contributed by atoms with Crippen molar-refractivity contribution in [2.24, 2.45) is 5.41 Å². The van der Waals surface area contributed by atoms with Gasteiger partial charge in [0, 0.05) is 5.56 Å². The van der Waals surface area contributed by atoms with Gasteiger partial charge in [0.05, 0.1) is 11.0 Å². The first-order chi connectivity index (χ1) is 13.8. The molecular weight excluding hydrogens is 364 g/mol. The van der Waals surface area contributed by atoms with Crippen molar-refractivity contribution in [3.63, 3.8) is 0 Å². The van der Waals surface area contributed by atoms with E-state index in [9.17, 15) is 0 Å². The maximum Gasteiger partial charge on any atom is 0.139 e. The quantitative estimate of drug-likeness (QED) is 0.471. The number of hydrogen-bond donors (Lipinski definition) is 1. The molecule has 0 bridgehead atoms. The van der Waals surface area contributed by atoms with E-state index < -0.39 is 0 Å². The molecule has 0 aliphatic heterocycles. The fraction of sp³-hybridized carbons (Fsp3) is 0.536. The van der Waals surface area contributed by atoms with Gasteiger partial charge in [-0.3, -0.25) is 0 Å². The molecule has 0 atom stereocenters. The highest BCUT2D eigenvalue weighted by atomic mass is 14.9. The number of rotatable bonds is 3. The number of nitrogens with zero attached hydrogens (tertiary/aromatic N) is 1. The van der Waals surface area contributed by atoms with Crippen LogP contribution in [-0.2, 0) is 10.8 Å². The number of aromatic amines is 1. The molecule has 4 rings (SSSR count). The number of aromatic nitrogens is 2. The summed E-state index contributed by atoms with van der Waals surface area (Å²) in [5.74, 6) is 1.92. The number of H-pyrrole nitrogens is 1. The monoisotopic (exact) mass is 402 g/mol. The molecule has 1 aliphatic rings. The highest BCUT2D eigenvalue weighted by molar-refractivity contribution is 5.84. The van der Waals surface area contributed by atoms with E-state index in [1.54, 1.807) is 0 Å². The second-order valence-electron chi connectivity index (χ2n) is 11.5. The summed E-state index contributed by atoms with van der Waals surface area (Å²) in [5.41, 5.74) is 9.53. The Morgan fingerprint density at radius 2 is 1.27 bits per heavy atom. The van der Waals surface area contributed by atoms with Gasteiger partial charge < -0.3 is 4.98 Å². The summed E-state index contributed by atoms with van der Waals surface area (Å²) >= 11 is 0. The minimum absolute atomic E-state index is 0.0953. The van der Waals surface area contributed by atoms with Crippen LogP contribution in [0.4, 0.5) is 0 Å². The predicted molar refractivity (Wildman–Crippen MR) is 130 cm³/mol. The van der Waals surface area contributed by atoms with Crippen molar-refractivity contribution in [3.05, 3.63) is 52.6 Å². The highest BCUT2D eigenvalue weighted by Crippen LogP contribution is 2.61. The Labute approximate surface area is 182 Å². The van der Waals surface area contributed by atoms with Gasteiger partial charge >= 0.3 is 0 Å². The number of hydrogen-bond acceptors (Lipinski definition) is 1. The van der Waals surface area contributed by atoms with Gasteiger partial charge in [0.1, 0.15) is 5.82 Å². The molecule has 2 nitrogen and oxygen atoms in total. The molecule has 30 heavy (non-hydrogen) atoms. The lowest BCUT2D eigenvalue weighted by Gasteiger charge is -2.44. The Morgan fingerprint density at radius 3 is 1.77 bits per heavy atom. The van der Waals surface area contributed by atoms with Crippen LogP contribution in [0.3, 0.4) is 0 Å². The first-order valence-electron chi connectivity index (χ1n) is 11.5. The number of nitrogens with one attached hydrogen (secondary N) is 1. The molecule has 1 aromatic heterocycles. The van der Waals surface area contributed by atoms with Crippen LogP contribution < -0.4 is 0 Å². The second-order valence-corrected chi connectivity index (χ2v) is 11.5. The second kappa shape index (κ2) is 6.45. The summed E-state index contributed by atoms with van der Waals surface area (Å²) in [5, 5.41) is 0. The molecular formula is C28H38N2. The first-order valence-corrected chi connectivity index (χ1v) is 11.5. The maximum atomic E-state index is 5.15. The van der Waals surface area contributed by atoms with E-state index in [4.69, 9.17) is 4.98 Å². The van der Waals surface area contributed by atoms with Crippen molar-refractivity contribution in [1.82, 2.24) is 9.97 Å². The van der Waals surface area contributed by atoms with Crippen molar-refractivity contribution in [3.8, 4) is 11.4 Å². The number of benzene rings is 2. The lowest BCUT2D eigenvalue weighted by molar-refractivity contribution is 0.125. The van der Waals surface area contributed by atoms with E-state index in [0.717, 1.165) is 16.9 Å². The van der Waals surface area contributed by atoms with E-state index in [-0.39, 0.29) is 16.2 Å². The summed E-state index contributed by atoms with van der Waals surface area (Å²) in [7, 11) is 0. The molecule has 0 unspecified atom stereocenters. The van der Waals surface area contributed by atoms with Crippen LogP contribution in [0.5, 0.6) is 0 Å². The molecule has 0 saturated carbocycles. The number of imidazole rings is 1. The maximum absolute atomic E-state index is 5.15. The molecule has 2 aromatic carbocycles. The third-order valence-corrected chi connectivity index (χ3v) is 8.70. The third kappa shape index (κ3) is 2.65. The zero-order chi connectivity index (χ0) is 22.2. The summed E-state index contributed by atoms with van der Waals surface area (Å²) in [6, 6.07) is 11.4. The molecule has 1 heterocycles. The number of fused-ring (bicyclic) bond motifs is 2. The minimum atomic E-state index is 0.0953. The van der Waals surface area contributed by atoms with Crippen molar-refractivity contribution in [1.29, 1.82) is 0 Å². The first kappa shape index (κ1) is 21.2. The van der Waals surface area contributed by atoms with Gasteiger partial charge in [0.15, 0.2) is 0 Å². The smallest absolute Gasteiger partial charge is 0.139 e. The van der Waals surface area contributed by atoms with E-state index in [2.05, 4.69) is 105 Å². The molecule has 2 heteroatoms. The summed E-state index contributed by atoms with van der Waals surface area (Å²) in [6.07, 6.45) is 0. The average molecular weight is 403 g/mol. The predicted octanol–water partition coefficient (Wildman–Crippen LogP) is 8.07. The Hall–Kier alpha value is -2.09. The van der Waals surface area contributed by atoms with Gasteiger partial charge in [-0.15, -0.1) is 0 Å². The van der Waals surface area contributed by atoms with Crippen LogP contribution in [0.15, 0.2) is 30.3 Å². The molecule has 1 N–H and O–H groups in total. The normalized spacial score (nSPS) is 19.1. The van der Waals surface area contributed by atoms with Crippen LogP contribution in [0.1, 0.15) is 103 Å². The van der Waals surface area contributed by atoms with Crippen LogP contribution in [0.25, 0.3) is 22.4 Å². The highest BCUT2D eigenvalue weighted by Gasteiger charge is 2.56. The molecule has 0 saturated heterocycles. The van der Waals surface area contributed by atoms with E-state index in [0.29, 0.717) is 11.8 Å². The van der Waals surface area contributed by atoms with Gasteiger partial charge in [0.25, 0.3) is 0 Å². The summed E-state index contributed by atoms with van der Waals surface area (Å²) in [4.78, 5) is 8.87. The minimum Gasteiger partial charge on any atom is -0.338 e. The van der Waals surface area contributed by atoms with E-state index >= 15 is 0 Å². The van der Waals surface area contributed by atoms with Crippen molar-refractivity contribution >= 4 is 11.0 Å². The van der Waals surface area contributed by atoms with Gasteiger partial charge in [0.2, 0.25) is 0 Å². The van der Waals surface area contributed by atoms with Gasteiger partial charge in [-0.1, -0.05) is 87.4 Å². The van der Waals surface area contributed by atoms with Crippen molar-refractivity contribution < 1.29 is 0 Å². The van der Waals surface area contributed by atoms with Crippen LogP contribution >= 0.6 is 0 Å². The van der Waals surface area contributed by atoms with Crippen molar-refractivity contribution in [2.75, 3.05) is 0 Å². The van der Waals surface area contributed by atoms with Gasteiger partial charge in [-0.25, -0.2) is 4.98 Å². The lowest BCUT2D eigenvalue weighted by atomic mass is 9.59. The lowest BCUT2D eigenvalue weighted by Crippen LogP contribution is -2.42. The Bertz CT molecular complexity index is 1040. The summed E-state index contributed by atoms with van der Waals surface area (Å²) < 4.78 is 0. The summed E-state index contributed by atoms with van der Waals surface area (Å²) in [6.45, 7) is 23.5. The van der Waals surface area contributed by atoms with Crippen LogP contribution in [-0.4, -0.2) is 9.97 Å². The molecule has 0 spiro atoms. The fourth-order valence-corrected chi connectivity index (χ4v) is 5.49. The molecule has 1 aliphatic carbocycles. The topological polar surface area (TPSA) is 28.7 Å². The Morgan fingerprint density at radius 1 is 0.767 bits per heavy atom. The zero-order valence-corrected chi connectivity index (χ0v) is 20.5. The van der Waals surface area contributed by atoms with Crippen LogP contribution in [0, 0.1) is 5.41 Å². The third-order valence-electron chi connectivity index (χ3n) is 8.70. The standard InChI is InChI=1S/C28H38N2/c1-16(2)18-12-11-13-19(17(3)4)24(18)25-29-22-14-20-21(15-23(22)30-25)27(7,8)28(9,10)26(20,5)6/h11-17H,1-10H3,(H,29,30). The molecule has 0 fully saturated rings. The molecule has 3 aromatic rings. The molecule has 0 amide bonds. The van der Waals surface area contributed by atoms with Gasteiger partial charge in [-0.05, 0) is 62.5 Å². The average Bonchev–Trinajstić information content (AvgIpc) is 3.11. The zero-order valence-electron chi connectivity index (χ0n) is 20.5. The van der Waals surface area contributed by atoms with Gasteiger partial charge in [-0.2, -0.15) is 0 Å². The van der Waals surface area contributed by atoms with Crippen LogP contribution in [0.2, 0.25) is 0 Å². The molecule has 0 radical (unpaired) electrons. The van der Waals surface area contributed by atoms with E-state index in [1.165, 1.54) is 27.8 Å². The Balaban J connectivity index is 1.98. The van der Waals surface area contributed by atoms with E-state index in [1.807, 2.05) is 0 Å². The largest absolute Gasteiger partial charge is 0.338 e. The fourth-order valence-electron chi connectivity index (χ4n) is 5.49.